The molecule has 24 heavy (non-hydrogen) atoms. The maximum atomic E-state index is 12.6. The summed E-state index contributed by atoms with van der Waals surface area (Å²) >= 11 is 0. The van der Waals surface area contributed by atoms with Crippen LogP contribution in [0.1, 0.15) is 29.6 Å². The van der Waals surface area contributed by atoms with Gasteiger partial charge in [0.1, 0.15) is 6.33 Å². The van der Waals surface area contributed by atoms with Crippen molar-refractivity contribution in [2.75, 3.05) is 26.7 Å². The van der Waals surface area contributed by atoms with Gasteiger partial charge in [-0.25, -0.2) is 4.68 Å². The van der Waals surface area contributed by atoms with E-state index in [1.807, 2.05) is 36.2 Å². The van der Waals surface area contributed by atoms with E-state index in [9.17, 15) is 4.79 Å². The summed E-state index contributed by atoms with van der Waals surface area (Å²) in [5.74, 6) is 0.842. The van der Waals surface area contributed by atoms with Gasteiger partial charge >= 0.3 is 0 Å². The number of benzene rings is 1. The van der Waals surface area contributed by atoms with E-state index in [0.29, 0.717) is 0 Å². The first kappa shape index (κ1) is 18.4. The summed E-state index contributed by atoms with van der Waals surface area (Å²) in [5.41, 5.74) is 1.56. The lowest BCUT2D eigenvalue weighted by Gasteiger charge is -2.32. The molecule has 1 fully saturated rings. The van der Waals surface area contributed by atoms with Gasteiger partial charge < -0.3 is 10.2 Å². The molecule has 130 valence electrons. The van der Waals surface area contributed by atoms with Crippen LogP contribution < -0.4 is 5.32 Å². The van der Waals surface area contributed by atoms with Crippen LogP contribution in [-0.2, 0) is 0 Å². The Labute approximate surface area is 147 Å². The second-order valence-electron chi connectivity index (χ2n) is 5.93. The van der Waals surface area contributed by atoms with Crippen molar-refractivity contribution in [3.8, 4) is 5.69 Å². The van der Waals surface area contributed by atoms with Crippen molar-refractivity contribution in [2.24, 2.45) is 5.92 Å². The monoisotopic (exact) mass is 350 g/mol. The zero-order valence-corrected chi connectivity index (χ0v) is 14.6. The Morgan fingerprint density at radius 3 is 2.54 bits per heavy atom. The number of nitrogens with zero attached hydrogens (tertiary/aromatic N) is 5. The maximum absolute atomic E-state index is 12.6. The summed E-state index contributed by atoms with van der Waals surface area (Å²) < 4.78 is 1.57. The average molecular weight is 351 g/mol. The number of hydrogen-bond donors (Lipinski definition) is 1. The van der Waals surface area contributed by atoms with Gasteiger partial charge in [0.2, 0.25) is 0 Å². The van der Waals surface area contributed by atoms with Gasteiger partial charge in [0.15, 0.2) is 0 Å². The highest BCUT2D eigenvalue weighted by atomic mass is 35.5. The number of halogens is 1. The highest BCUT2D eigenvalue weighted by Crippen LogP contribution is 2.21. The molecular formula is C16H23ClN6O. The number of aromatic nitrogens is 4. The van der Waals surface area contributed by atoms with Gasteiger partial charge in [-0.3, -0.25) is 4.79 Å². The summed E-state index contributed by atoms with van der Waals surface area (Å²) in [5, 5.41) is 14.3. The van der Waals surface area contributed by atoms with Crippen molar-refractivity contribution < 1.29 is 4.79 Å². The Kier molecular flexibility index (Phi) is 6.69. The minimum atomic E-state index is 0. The lowest BCUT2D eigenvalue weighted by Crippen LogP contribution is -2.38. The normalized spacial score (nSPS) is 15.1. The summed E-state index contributed by atoms with van der Waals surface area (Å²) in [6.45, 7) is 2.75. The van der Waals surface area contributed by atoms with Crippen LogP contribution in [0.5, 0.6) is 0 Å². The number of carbonyl (C=O) groups excluding carboxylic acids is 1. The molecule has 0 radical (unpaired) electrons. The van der Waals surface area contributed by atoms with Crippen LogP contribution >= 0.6 is 12.4 Å². The fraction of sp³-hybridized carbons (Fsp3) is 0.500. The minimum Gasteiger partial charge on any atom is -0.339 e. The first-order chi connectivity index (χ1) is 11.3. The van der Waals surface area contributed by atoms with Crippen LogP contribution in [0.2, 0.25) is 0 Å². The summed E-state index contributed by atoms with van der Waals surface area (Å²) in [6.07, 6.45) is 4.91. The molecule has 1 aliphatic rings. The molecule has 1 N–H and O–H groups in total. The zero-order valence-electron chi connectivity index (χ0n) is 13.8. The van der Waals surface area contributed by atoms with E-state index < -0.39 is 0 Å². The molecule has 7 nitrogen and oxygen atoms in total. The van der Waals surface area contributed by atoms with Gasteiger partial charge in [-0.2, -0.15) is 0 Å². The molecule has 1 aliphatic heterocycles. The molecule has 0 saturated carbocycles. The van der Waals surface area contributed by atoms with Gasteiger partial charge in [-0.1, -0.05) is 0 Å². The minimum absolute atomic E-state index is 0. The molecule has 2 aromatic rings. The maximum Gasteiger partial charge on any atom is 0.253 e. The third-order valence-corrected chi connectivity index (χ3v) is 4.43. The third kappa shape index (κ3) is 4.30. The predicted molar refractivity (Wildman–Crippen MR) is 93.6 cm³/mol. The van der Waals surface area contributed by atoms with Crippen molar-refractivity contribution in [3.05, 3.63) is 36.2 Å². The molecule has 1 amide bonds. The Morgan fingerprint density at radius 1 is 1.25 bits per heavy atom. The molecule has 0 atom stereocenters. The van der Waals surface area contributed by atoms with Crippen molar-refractivity contribution in [1.29, 1.82) is 0 Å². The average Bonchev–Trinajstić information content (AvgIpc) is 3.14. The SMILES string of the molecule is CNCCC1CCN(C(=O)c2ccc(-n3cnnn3)cc2)CC1.Cl. The number of hydrogen-bond acceptors (Lipinski definition) is 5. The molecule has 0 aliphatic carbocycles. The van der Waals surface area contributed by atoms with Crippen molar-refractivity contribution >= 4 is 18.3 Å². The number of tetrazole rings is 1. The zero-order chi connectivity index (χ0) is 16.1. The van der Waals surface area contributed by atoms with Gasteiger partial charge in [0, 0.05) is 18.7 Å². The molecule has 0 spiro atoms. The van der Waals surface area contributed by atoms with Gasteiger partial charge in [-0.05, 0) is 73.5 Å². The number of carbonyl (C=O) groups is 1. The Bertz CT molecular complexity index is 623. The van der Waals surface area contributed by atoms with Crippen LogP contribution in [0.4, 0.5) is 0 Å². The lowest BCUT2D eigenvalue weighted by molar-refractivity contribution is 0.0687. The molecule has 2 heterocycles. The van der Waals surface area contributed by atoms with Gasteiger partial charge in [0.25, 0.3) is 5.91 Å². The van der Waals surface area contributed by atoms with Crippen molar-refractivity contribution in [2.45, 2.75) is 19.3 Å². The molecule has 0 unspecified atom stereocenters. The van der Waals surface area contributed by atoms with Crippen molar-refractivity contribution in [3.63, 3.8) is 0 Å². The number of piperidine rings is 1. The molecule has 1 aromatic heterocycles. The number of likely N-dealkylation sites (tertiary alicyclic amines) is 1. The molecule has 1 aromatic carbocycles. The quantitative estimate of drug-likeness (QED) is 0.885. The Hall–Kier alpha value is -1.99. The predicted octanol–water partition coefficient (Wildman–Crippen LogP) is 1.55. The third-order valence-electron chi connectivity index (χ3n) is 4.43. The molecule has 0 bridgehead atoms. The smallest absolute Gasteiger partial charge is 0.253 e. The first-order valence-corrected chi connectivity index (χ1v) is 8.05. The molecular weight excluding hydrogens is 328 g/mol. The van der Waals surface area contributed by atoms with E-state index in [4.69, 9.17) is 0 Å². The standard InChI is InChI=1S/C16H22N6O.ClH/c1-17-9-6-13-7-10-21(11-8-13)16(23)14-2-4-15(5-3-14)22-12-18-19-20-22;/h2-5,12-13,17H,6-11H2,1H3;1H. The molecule has 1 saturated heterocycles. The van der Waals surface area contributed by atoms with E-state index >= 15 is 0 Å². The number of amides is 1. The molecule has 3 rings (SSSR count). The van der Waals surface area contributed by atoms with Crippen LogP contribution in [0.15, 0.2) is 30.6 Å². The molecule has 8 heteroatoms. The second kappa shape index (κ2) is 8.75. The van der Waals surface area contributed by atoms with E-state index in [1.165, 1.54) is 12.7 Å². The Morgan fingerprint density at radius 2 is 1.96 bits per heavy atom. The fourth-order valence-electron chi connectivity index (χ4n) is 2.99. The van der Waals surface area contributed by atoms with Crippen LogP contribution in [0.3, 0.4) is 0 Å². The fourth-order valence-corrected chi connectivity index (χ4v) is 2.99. The summed E-state index contributed by atoms with van der Waals surface area (Å²) in [6, 6.07) is 7.41. The van der Waals surface area contributed by atoms with Crippen LogP contribution in [0, 0.1) is 5.92 Å². The van der Waals surface area contributed by atoms with Gasteiger partial charge in [0.05, 0.1) is 5.69 Å². The highest BCUT2D eigenvalue weighted by molar-refractivity contribution is 5.94. The van der Waals surface area contributed by atoms with E-state index in [1.54, 1.807) is 4.68 Å². The van der Waals surface area contributed by atoms with Crippen LogP contribution in [-0.4, -0.2) is 57.7 Å². The number of nitrogens with one attached hydrogen (secondary N) is 1. The van der Waals surface area contributed by atoms with Gasteiger partial charge in [-0.15, -0.1) is 17.5 Å². The second-order valence-corrected chi connectivity index (χ2v) is 5.93. The number of rotatable bonds is 5. The van der Waals surface area contributed by atoms with E-state index in [2.05, 4.69) is 20.8 Å². The largest absolute Gasteiger partial charge is 0.339 e. The van der Waals surface area contributed by atoms with Crippen molar-refractivity contribution in [1.82, 2.24) is 30.4 Å². The Balaban J connectivity index is 0.00000208. The highest BCUT2D eigenvalue weighted by Gasteiger charge is 2.23. The lowest BCUT2D eigenvalue weighted by atomic mass is 9.93. The topological polar surface area (TPSA) is 75.9 Å². The summed E-state index contributed by atoms with van der Waals surface area (Å²) in [4.78, 5) is 14.5. The van der Waals surface area contributed by atoms with E-state index in [0.717, 1.165) is 49.6 Å². The summed E-state index contributed by atoms with van der Waals surface area (Å²) in [7, 11) is 1.98. The first-order valence-electron chi connectivity index (χ1n) is 8.05. The van der Waals surface area contributed by atoms with E-state index in [-0.39, 0.29) is 18.3 Å². The van der Waals surface area contributed by atoms with Crippen LogP contribution in [0.25, 0.3) is 5.69 Å².